The average Bonchev–Trinajstić information content (AvgIpc) is 2.52. The van der Waals surface area contributed by atoms with E-state index in [1.165, 1.54) is 6.92 Å². The molecule has 1 N–H and O–H groups in total. The molecule has 0 spiro atoms. The number of carboxylic acid groups (broad SMARTS) is 1. The molecule has 132 valence electrons. The molecule has 1 aromatic carbocycles. The van der Waals surface area contributed by atoms with E-state index in [2.05, 4.69) is 0 Å². The lowest BCUT2D eigenvalue weighted by Crippen LogP contribution is -2.31. The first-order chi connectivity index (χ1) is 11.2. The van der Waals surface area contributed by atoms with Crippen molar-refractivity contribution in [1.82, 2.24) is 0 Å². The summed E-state index contributed by atoms with van der Waals surface area (Å²) in [6.07, 6.45) is -0.430. The van der Waals surface area contributed by atoms with Crippen LogP contribution >= 0.6 is 0 Å². The molecule has 0 aliphatic carbocycles. The summed E-state index contributed by atoms with van der Waals surface area (Å²) in [6, 6.07) is 6.74. The van der Waals surface area contributed by atoms with E-state index in [1.54, 1.807) is 38.1 Å². The molecule has 0 bridgehead atoms. The number of ether oxygens (including phenoxy) is 1. The van der Waals surface area contributed by atoms with Crippen LogP contribution < -0.4 is 5.06 Å². The highest BCUT2D eigenvalue weighted by atomic mass is 16.8. The van der Waals surface area contributed by atoms with Crippen molar-refractivity contribution in [2.75, 3.05) is 5.06 Å². The number of anilines is 1. The van der Waals surface area contributed by atoms with Crippen LogP contribution in [0.25, 0.3) is 0 Å². The number of carbonyl (C=O) groups excluding carboxylic acids is 2. The van der Waals surface area contributed by atoms with E-state index in [-0.39, 0.29) is 18.3 Å². The molecule has 0 aliphatic heterocycles. The molecule has 0 fully saturated rings. The predicted molar refractivity (Wildman–Crippen MR) is 87.1 cm³/mol. The quantitative estimate of drug-likeness (QED) is 0.322. The van der Waals surface area contributed by atoms with Crippen LogP contribution in [-0.4, -0.2) is 29.7 Å². The Balaban J connectivity index is 2.73. The number of rotatable bonds is 9. The first kappa shape index (κ1) is 19.6. The topological polar surface area (TPSA) is 93.1 Å². The third kappa shape index (κ3) is 6.00. The van der Waals surface area contributed by atoms with Gasteiger partial charge in [0.15, 0.2) is 0 Å². The number of amides is 1. The van der Waals surface area contributed by atoms with Crippen molar-refractivity contribution in [3.63, 3.8) is 0 Å². The van der Waals surface area contributed by atoms with Crippen molar-refractivity contribution in [3.8, 4) is 0 Å². The van der Waals surface area contributed by atoms with Gasteiger partial charge in [-0.25, -0.2) is 4.84 Å². The Bertz CT molecular complexity index is 569. The number of carboxylic acids is 1. The van der Waals surface area contributed by atoms with E-state index in [4.69, 9.17) is 14.7 Å². The third-order valence-corrected chi connectivity index (χ3v) is 3.31. The Morgan fingerprint density at radius 1 is 1.17 bits per heavy atom. The molecule has 7 heteroatoms. The average molecular weight is 337 g/mol. The first-order valence-corrected chi connectivity index (χ1v) is 7.68. The Labute approximate surface area is 141 Å². The highest BCUT2D eigenvalue weighted by Gasteiger charge is 2.18. The maximum Gasteiger partial charge on any atom is 0.310 e. The van der Waals surface area contributed by atoms with Crippen LogP contribution in [0.4, 0.5) is 5.69 Å². The van der Waals surface area contributed by atoms with Gasteiger partial charge in [0, 0.05) is 6.92 Å². The van der Waals surface area contributed by atoms with Gasteiger partial charge in [-0.05, 0) is 23.6 Å². The van der Waals surface area contributed by atoms with Gasteiger partial charge in [0.25, 0.3) is 0 Å². The van der Waals surface area contributed by atoms with Gasteiger partial charge in [-0.1, -0.05) is 32.9 Å². The molecule has 1 rings (SSSR count). The Morgan fingerprint density at radius 3 is 2.21 bits per heavy atom. The van der Waals surface area contributed by atoms with Crippen LogP contribution in [0.5, 0.6) is 0 Å². The lowest BCUT2D eigenvalue weighted by Gasteiger charge is -2.22. The van der Waals surface area contributed by atoms with E-state index in [1.807, 2.05) is 6.92 Å². The third-order valence-electron chi connectivity index (χ3n) is 3.31. The molecule has 0 heterocycles. The van der Waals surface area contributed by atoms with Crippen molar-refractivity contribution in [2.45, 2.75) is 46.3 Å². The fraction of sp³-hybridized carbons (Fsp3) is 0.471. The van der Waals surface area contributed by atoms with Gasteiger partial charge in [-0.3, -0.25) is 14.4 Å². The summed E-state index contributed by atoms with van der Waals surface area (Å²) in [7, 11) is 0. The summed E-state index contributed by atoms with van der Waals surface area (Å²) in [5, 5.41) is 9.78. The Kier molecular flexibility index (Phi) is 7.38. The molecule has 0 saturated heterocycles. The lowest BCUT2D eigenvalue weighted by atomic mass is 9.98. The fourth-order valence-corrected chi connectivity index (χ4v) is 1.96. The maximum atomic E-state index is 11.5. The molecule has 0 radical (unpaired) electrons. The molecule has 1 amide bonds. The summed E-state index contributed by atoms with van der Waals surface area (Å²) >= 11 is 0. The molecule has 1 aromatic rings. The Hall–Kier alpha value is -2.41. The van der Waals surface area contributed by atoms with Gasteiger partial charge in [-0.15, -0.1) is 0 Å². The number of nitrogens with zero attached hydrogens (tertiary/aromatic N) is 1. The summed E-state index contributed by atoms with van der Waals surface area (Å²) in [6.45, 7) is 6.72. The normalized spacial score (nSPS) is 13.2. The van der Waals surface area contributed by atoms with Crippen LogP contribution in [0.2, 0.25) is 0 Å². The van der Waals surface area contributed by atoms with E-state index in [9.17, 15) is 14.4 Å². The summed E-state index contributed by atoms with van der Waals surface area (Å²) in [5.74, 6) is -1.74. The minimum absolute atomic E-state index is 0.0232. The molecule has 0 aliphatic rings. The van der Waals surface area contributed by atoms with E-state index in [0.717, 1.165) is 10.6 Å². The largest absolute Gasteiger partial charge is 0.481 e. The van der Waals surface area contributed by atoms with Crippen molar-refractivity contribution in [2.24, 2.45) is 5.92 Å². The van der Waals surface area contributed by atoms with E-state index in [0.29, 0.717) is 12.1 Å². The van der Waals surface area contributed by atoms with E-state index < -0.39 is 18.2 Å². The highest BCUT2D eigenvalue weighted by molar-refractivity contribution is 5.73. The summed E-state index contributed by atoms with van der Waals surface area (Å²) in [4.78, 5) is 38.8. The number of hydrogen-bond acceptors (Lipinski definition) is 5. The van der Waals surface area contributed by atoms with Crippen LogP contribution in [0.15, 0.2) is 24.3 Å². The zero-order valence-electron chi connectivity index (χ0n) is 14.3. The van der Waals surface area contributed by atoms with Crippen LogP contribution in [0.1, 0.15) is 45.6 Å². The van der Waals surface area contributed by atoms with E-state index >= 15 is 0 Å². The molecule has 0 unspecified atom stereocenters. The molecule has 0 saturated carbocycles. The minimum atomic E-state index is -0.921. The van der Waals surface area contributed by atoms with Crippen LogP contribution in [0.3, 0.4) is 0 Å². The van der Waals surface area contributed by atoms with Crippen molar-refractivity contribution < 1.29 is 29.1 Å². The van der Waals surface area contributed by atoms with Gasteiger partial charge in [-0.2, -0.15) is 5.06 Å². The lowest BCUT2D eigenvalue weighted by molar-refractivity contribution is -0.181. The molecular formula is C17H23NO6. The Morgan fingerprint density at radius 2 is 1.75 bits per heavy atom. The van der Waals surface area contributed by atoms with Crippen molar-refractivity contribution in [1.29, 1.82) is 0 Å². The summed E-state index contributed by atoms with van der Waals surface area (Å²) in [5.41, 5.74) is 1.29. The fourth-order valence-electron chi connectivity index (χ4n) is 1.96. The van der Waals surface area contributed by atoms with Gasteiger partial charge < -0.3 is 9.84 Å². The first-order valence-electron chi connectivity index (χ1n) is 7.68. The number of hydrogen-bond donors (Lipinski definition) is 1. The van der Waals surface area contributed by atoms with Gasteiger partial charge in [0.2, 0.25) is 12.7 Å². The number of esters is 1. The zero-order chi connectivity index (χ0) is 18.3. The monoisotopic (exact) mass is 337 g/mol. The summed E-state index contributed by atoms with van der Waals surface area (Å²) < 4.78 is 5.04. The van der Waals surface area contributed by atoms with Gasteiger partial charge >= 0.3 is 11.9 Å². The molecule has 2 atom stereocenters. The molecular weight excluding hydrogens is 314 g/mol. The highest BCUT2D eigenvalue weighted by Crippen LogP contribution is 2.23. The maximum absolute atomic E-state index is 11.5. The van der Waals surface area contributed by atoms with Crippen molar-refractivity contribution in [3.05, 3.63) is 29.8 Å². The van der Waals surface area contributed by atoms with Crippen LogP contribution in [-0.2, 0) is 24.0 Å². The number of carbonyl (C=O) groups is 3. The van der Waals surface area contributed by atoms with Crippen molar-refractivity contribution >= 4 is 24.0 Å². The van der Waals surface area contributed by atoms with Gasteiger partial charge in [0.1, 0.15) is 0 Å². The molecule has 24 heavy (non-hydrogen) atoms. The van der Waals surface area contributed by atoms with Gasteiger partial charge in [0.05, 0.1) is 18.0 Å². The standard InChI is InChI=1S/C17H23NO6/c1-11(2)17(22)23-13(4)24-18(10-19)15-7-5-14(6-8-15)12(3)9-16(20)21/h5-8,10-13H,9H2,1-4H3,(H,20,21)/t12-,13-/m1/s1. The second-order valence-corrected chi connectivity index (χ2v) is 5.79. The second-order valence-electron chi connectivity index (χ2n) is 5.79. The second kappa shape index (κ2) is 9.02. The SMILES string of the molecule is CC(C)C(=O)O[C@@H](C)ON(C=O)c1ccc([C@H](C)CC(=O)O)cc1. The smallest absolute Gasteiger partial charge is 0.310 e. The number of aliphatic carboxylic acids is 1. The van der Waals surface area contributed by atoms with Crippen LogP contribution in [0, 0.1) is 5.92 Å². The number of benzene rings is 1. The number of hydroxylamine groups is 1. The molecule has 0 aromatic heterocycles. The predicted octanol–water partition coefficient (Wildman–Crippen LogP) is 2.70. The molecule has 7 nitrogen and oxygen atoms in total. The minimum Gasteiger partial charge on any atom is -0.481 e. The zero-order valence-corrected chi connectivity index (χ0v) is 14.3.